The van der Waals surface area contributed by atoms with E-state index in [1.807, 2.05) is 42.7 Å². The summed E-state index contributed by atoms with van der Waals surface area (Å²) in [5.41, 5.74) is 2.22. The van der Waals surface area contributed by atoms with Crippen molar-refractivity contribution in [1.29, 1.82) is 0 Å². The van der Waals surface area contributed by atoms with E-state index in [1.165, 1.54) is 6.33 Å². The summed E-state index contributed by atoms with van der Waals surface area (Å²) >= 11 is 0. The SMILES string of the molecule is CC(C)n1c(-c2nc[nH]c2C(=O)O)nc2ccccc21. The van der Waals surface area contributed by atoms with Gasteiger partial charge in [0, 0.05) is 6.04 Å². The predicted octanol–water partition coefficient (Wildman–Crippen LogP) is 2.71. The van der Waals surface area contributed by atoms with Crippen LogP contribution in [0.5, 0.6) is 0 Å². The maximum absolute atomic E-state index is 11.2. The Morgan fingerprint density at radius 2 is 2.10 bits per heavy atom. The molecule has 0 unspecified atom stereocenters. The van der Waals surface area contributed by atoms with E-state index in [0.717, 1.165) is 11.0 Å². The van der Waals surface area contributed by atoms with Crippen LogP contribution in [0.25, 0.3) is 22.6 Å². The summed E-state index contributed by atoms with van der Waals surface area (Å²) in [4.78, 5) is 22.6. The van der Waals surface area contributed by atoms with Gasteiger partial charge in [0.05, 0.1) is 17.4 Å². The van der Waals surface area contributed by atoms with Gasteiger partial charge in [0.1, 0.15) is 5.69 Å². The second kappa shape index (κ2) is 4.48. The molecular formula is C14H14N4O2. The summed E-state index contributed by atoms with van der Waals surface area (Å²) in [6.45, 7) is 4.06. The molecule has 0 aliphatic carbocycles. The van der Waals surface area contributed by atoms with Crippen LogP contribution in [0, 0.1) is 0 Å². The van der Waals surface area contributed by atoms with Gasteiger partial charge in [0.2, 0.25) is 0 Å². The third-order valence-corrected chi connectivity index (χ3v) is 3.18. The molecule has 2 aromatic heterocycles. The third kappa shape index (κ3) is 1.77. The first-order valence-electron chi connectivity index (χ1n) is 6.33. The van der Waals surface area contributed by atoms with Crippen LogP contribution in [0.4, 0.5) is 0 Å². The number of aromatic amines is 1. The van der Waals surface area contributed by atoms with Gasteiger partial charge in [-0.05, 0) is 26.0 Å². The van der Waals surface area contributed by atoms with E-state index in [4.69, 9.17) is 0 Å². The van der Waals surface area contributed by atoms with Gasteiger partial charge in [-0.3, -0.25) is 0 Å². The van der Waals surface area contributed by atoms with Crippen LogP contribution in [0.2, 0.25) is 0 Å². The van der Waals surface area contributed by atoms with Crippen molar-refractivity contribution in [3.8, 4) is 11.5 Å². The van der Waals surface area contributed by atoms with E-state index in [0.29, 0.717) is 11.5 Å². The number of nitrogens with zero attached hydrogens (tertiary/aromatic N) is 3. The summed E-state index contributed by atoms with van der Waals surface area (Å²) in [7, 11) is 0. The molecule has 0 bridgehead atoms. The minimum atomic E-state index is -1.04. The molecule has 3 rings (SSSR count). The van der Waals surface area contributed by atoms with Crippen molar-refractivity contribution in [3.63, 3.8) is 0 Å². The zero-order valence-corrected chi connectivity index (χ0v) is 11.2. The van der Waals surface area contributed by atoms with Crippen LogP contribution in [0.15, 0.2) is 30.6 Å². The summed E-state index contributed by atoms with van der Waals surface area (Å²) in [5.74, 6) is -0.472. The van der Waals surface area contributed by atoms with Crippen LogP contribution < -0.4 is 0 Å². The molecule has 0 saturated carbocycles. The van der Waals surface area contributed by atoms with Crippen molar-refractivity contribution >= 4 is 17.0 Å². The molecule has 0 aliphatic heterocycles. The zero-order chi connectivity index (χ0) is 14.3. The number of imidazole rings is 2. The van der Waals surface area contributed by atoms with Crippen LogP contribution in [0.1, 0.15) is 30.4 Å². The molecule has 2 N–H and O–H groups in total. The molecule has 0 amide bonds. The largest absolute Gasteiger partial charge is 0.477 e. The summed E-state index contributed by atoms with van der Waals surface area (Å²) in [5, 5.41) is 9.21. The fourth-order valence-corrected chi connectivity index (χ4v) is 2.36. The number of fused-ring (bicyclic) bond motifs is 1. The predicted molar refractivity (Wildman–Crippen MR) is 74.7 cm³/mol. The number of hydrogen-bond acceptors (Lipinski definition) is 3. The number of carboxylic acids is 1. The molecule has 102 valence electrons. The van der Waals surface area contributed by atoms with Gasteiger partial charge >= 0.3 is 5.97 Å². The number of aromatic carboxylic acids is 1. The highest BCUT2D eigenvalue weighted by molar-refractivity contribution is 5.93. The van der Waals surface area contributed by atoms with Crippen LogP contribution in [-0.4, -0.2) is 30.6 Å². The van der Waals surface area contributed by atoms with E-state index in [1.54, 1.807) is 0 Å². The Bertz CT molecular complexity index is 785. The average molecular weight is 270 g/mol. The van der Waals surface area contributed by atoms with Crippen molar-refractivity contribution < 1.29 is 9.90 Å². The maximum Gasteiger partial charge on any atom is 0.354 e. The molecule has 0 spiro atoms. The van der Waals surface area contributed by atoms with E-state index >= 15 is 0 Å². The molecule has 0 atom stereocenters. The second-order valence-electron chi connectivity index (χ2n) is 4.82. The fraction of sp³-hybridized carbons (Fsp3) is 0.214. The number of para-hydroxylation sites is 2. The second-order valence-corrected chi connectivity index (χ2v) is 4.82. The van der Waals surface area contributed by atoms with Crippen molar-refractivity contribution in [2.45, 2.75) is 19.9 Å². The monoisotopic (exact) mass is 270 g/mol. The van der Waals surface area contributed by atoms with Gasteiger partial charge in [0.25, 0.3) is 0 Å². The molecule has 3 aromatic rings. The van der Waals surface area contributed by atoms with E-state index in [-0.39, 0.29) is 11.7 Å². The number of rotatable bonds is 3. The molecule has 0 fully saturated rings. The Balaban J connectivity index is 2.33. The maximum atomic E-state index is 11.2. The van der Waals surface area contributed by atoms with E-state index in [9.17, 15) is 9.90 Å². The fourth-order valence-electron chi connectivity index (χ4n) is 2.36. The number of benzene rings is 1. The Labute approximate surface area is 115 Å². The van der Waals surface area contributed by atoms with Crippen molar-refractivity contribution in [1.82, 2.24) is 19.5 Å². The highest BCUT2D eigenvalue weighted by Crippen LogP contribution is 2.28. The van der Waals surface area contributed by atoms with Crippen molar-refractivity contribution in [2.75, 3.05) is 0 Å². The van der Waals surface area contributed by atoms with Crippen LogP contribution >= 0.6 is 0 Å². The van der Waals surface area contributed by atoms with Crippen LogP contribution in [0.3, 0.4) is 0 Å². The van der Waals surface area contributed by atoms with E-state index < -0.39 is 5.97 Å². The lowest BCUT2D eigenvalue weighted by Crippen LogP contribution is -2.06. The smallest absolute Gasteiger partial charge is 0.354 e. The average Bonchev–Trinajstić information content (AvgIpc) is 3.02. The number of hydrogen-bond donors (Lipinski definition) is 2. The Kier molecular flexibility index (Phi) is 2.78. The van der Waals surface area contributed by atoms with Crippen LogP contribution in [-0.2, 0) is 0 Å². The van der Waals surface area contributed by atoms with Gasteiger partial charge in [0.15, 0.2) is 11.5 Å². The zero-order valence-electron chi connectivity index (χ0n) is 11.2. The number of carbonyl (C=O) groups is 1. The van der Waals surface area contributed by atoms with Crippen molar-refractivity contribution in [2.24, 2.45) is 0 Å². The van der Waals surface area contributed by atoms with Gasteiger partial charge in [-0.1, -0.05) is 12.1 Å². The summed E-state index contributed by atoms with van der Waals surface area (Å²) < 4.78 is 2.00. The first-order chi connectivity index (χ1) is 9.59. The molecule has 20 heavy (non-hydrogen) atoms. The molecule has 0 radical (unpaired) electrons. The van der Waals surface area contributed by atoms with Gasteiger partial charge < -0.3 is 14.7 Å². The normalized spacial score (nSPS) is 11.3. The number of carboxylic acid groups (broad SMARTS) is 1. The Morgan fingerprint density at radius 3 is 2.80 bits per heavy atom. The molecule has 6 heteroatoms. The molecule has 1 aromatic carbocycles. The lowest BCUT2D eigenvalue weighted by molar-refractivity contribution is 0.0692. The number of nitrogens with one attached hydrogen (secondary N) is 1. The molecular weight excluding hydrogens is 256 g/mol. The lowest BCUT2D eigenvalue weighted by atomic mass is 10.2. The standard InChI is InChI=1S/C14H14N4O2/c1-8(2)18-10-6-4-3-5-9(10)17-13(18)11-12(14(19)20)16-7-15-11/h3-8H,1-2H3,(H,15,16)(H,19,20). The summed E-state index contributed by atoms with van der Waals surface area (Å²) in [6, 6.07) is 7.88. The molecule has 0 saturated heterocycles. The highest BCUT2D eigenvalue weighted by Gasteiger charge is 2.22. The highest BCUT2D eigenvalue weighted by atomic mass is 16.4. The Hall–Kier alpha value is -2.63. The van der Waals surface area contributed by atoms with E-state index in [2.05, 4.69) is 15.0 Å². The minimum Gasteiger partial charge on any atom is -0.477 e. The van der Waals surface area contributed by atoms with Gasteiger partial charge in [-0.2, -0.15) is 0 Å². The quantitative estimate of drug-likeness (QED) is 0.766. The van der Waals surface area contributed by atoms with Gasteiger partial charge in [-0.15, -0.1) is 0 Å². The molecule has 6 nitrogen and oxygen atoms in total. The lowest BCUT2D eigenvalue weighted by Gasteiger charge is -2.12. The number of H-pyrrole nitrogens is 1. The number of aromatic nitrogens is 4. The topological polar surface area (TPSA) is 83.8 Å². The summed E-state index contributed by atoms with van der Waals surface area (Å²) in [6.07, 6.45) is 1.38. The molecule has 2 heterocycles. The Morgan fingerprint density at radius 1 is 1.35 bits per heavy atom. The third-order valence-electron chi connectivity index (χ3n) is 3.18. The minimum absolute atomic E-state index is 0.0576. The first-order valence-corrected chi connectivity index (χ1v) is 6.33. The first kappa shape index (κ1) is 12.4. The van der Waals surface area contributed by atoms with Gasteiger partial charge in [-0.25, -0.2) is 14.8 Å². The molecule has 0 aliphatic rings. The van der Waals surface area contributed by atoms with Crippen molar-refractivity contribution in [3.05, 3.63) is 36.3 Å².